The Morgan fingerprint density at radius 2 is 1.95 bits per heavy atom. The van der Waals surface area contributed by atoms with Gasteiger partial charge in [0.1, 0.15) is 0 Å². The molecule has 0 aromatic heterocycles. The summed E-state index contributed by atoms with van der Waals surface area (Å²) in [5, 5.41) is 14.8. The Balaban J connectivity index is 0.000000217. The quantitative estimate of drug-likeness (QED) is 0.805. The van der Waals surface area contributed by atoms with Gasteiger partial charge in [-0.25, -0.2) is 4.79 Å². The third-order valence-corrected chi connectivity index (χ3v) is 4.24. The number of carbonyl (C=O) groups is 1. The Morgan fingerprint density at radius 3 is 2.36 bits per heavy atom. The van der Waals surface area contributed by atoms with Gasteiger partial charge < -0.3 is 20.2 Å². The molecule has 1 unspecified atom stereocenters. The molecule has 126 valence electrons. The van der Waals surface area contributed by atoms with Crippen molar-refractivity contribution in [2.45, 2.75) is 32.7 Å². The number of aliphatic carboxylic acids is 1. The zero-order chi connectivity index (χ0) is 16.7. The molecule has 1 aliphatic carbocycles. The van der Waals surface area contributed by atoms with Crippen molar-refractivity contribution in [1.29, 1.82) is 0 Å². The fraction of sp³-hybridized carbons (Fsp3) is 0.846. The van der Waals surface area contributed by atoms with Gasteiger partial charge in [0.25, 0.3) is 0 Å². The monoisotopic (exact) mass is 323 g/mol. The van der Waals surface area contributed by atoms with E-state index in [2.05, 4.69) is 36.1 Å². The summed E-state index contributed by atoms with van der Waals surface area (Å²) in [5.41, 5.74) is -0.242. The second-order valence-electron chi connectivity index (χ2n) is 6.05. The molecular weight excluding hydrogens is 303 g/mol. The normalized spacial score (nSPS) is 31.6. The predicted octanol–water partition coefficient (Wildman–Crippen LogP) is 1.49. The maximum atomic E-state index is 10.6. The van der Waals surface area contributed by atoms with Crippen LogP contribution in [0.4, 0.5) is 13.2 Å². The molecule has 2 heterocycles. The zero-order valence-electron chi connectivity index (χ0n) is 12.6. The number of piperidine rings is 1. The lowest BCUT2D eigenvalue weighted by Gasteiger charge is -2.30. The number of hydrogen-bond acceptors (Lipinski definition) is 5. The summed E-state index contributed by atoms with van der Waals surface area (Å²) in [4.78, 5) is 16.7. The molecule has 6 nitrogen and oxygen atoms in total. The van der Waals surface area contributed by atoms with E-state index < -0.39 is 12.1 Å². The first-order valence-electron chi connectivity index (χ1n) is 7.14. The van der Waals surface area contributed by atoms with Crippen molar-refractivity contribution in [2.75, 3.05) is 19.6 Å². The van der Waals surface area contributed by atoms with E-state index in [1.54, 1.807) is 0 Å². The lowest BCUT2D eigenvalue weighted by Crippen LogP contribution is -2.45. The SMILES string of the molecule is CCN1C(C2[C@H]3CNC[C@@H]23)=NOC1(C)C.O=C(O)C(F)(F)F. The van der Waals surface area contributed by atoms with Crippen molar-refractivity contribution in [3.05, 3.63) is 0 Å². The number of rotatable bonds is 2. The summed E-state index contributed by atoms with van der Waals surface area (Å²) in [6.07, 6.45) is -5.08. The molecule has 9 heteroatoms. The molecule has 0 radical (unpaired) electrons. The van der Waals surface area contributed by atoms with Crippen LogP contribution in [0.15, 0.2) is 5.16 Å². The number of halogens is 3. The van der Waals surface area contributed by atoms with Crippen LogP contribution in [-0.2, 0) is 9.63 Å². The number of hydrogen-bond donors (Lipinski definition) is 2. The zero-order valence-corrected chi connectivity index (χ0v) is 12.6. The molecule has 0 bridgehead atoms. The van der Waals surface area contributed by atoms with Gasteiger partial charge in [-0.2, -0.15) is 13.2 Å². The fourth-order valence-corrected chi connectivity index (χ4v) is 3.12. The molecule has 22 heavy (non-hydrogen) atoms. The summed E-state index contributed by atoms with van der Waals surface area (Å²) in [6, 6.07) is 0. The highest BCUT2D eigenvalue weighted by atomic mass is 19.4. The van der Waals surface area contributed by atoms with E-state index in [1.807, 2.05) is 0 Å². The maximum Gasteiger partial charge on any atom is 0.490 e. The smallest absolute Gasteiger partial charge is 0.475 e. The lowest BCUT2D eigenvalue weighted by atomic mass is 10.2. The molecule has 3 rings (SSSR count). The van der Waals surface area contributed by atoms with Gasteiger partial charge in [0, 0.05) is 12.5 Å². The Labute approximate surface area is 126 Å². The first-order chi connectivity index (χ1) is 10.1. The maximum absolute atomic E-state index is 10.6. The Bertz CT molecular complexity index is 469. The highest BCUT2D eigenvalue weighted by Gasteiger charge is 2.59. The standard InChI is InChI=1S/C11H19N3O.C2HF3O2/c1-4-14-10(13-15-11(14,2)3)9-7-5-12-6-8(7)9;3-2(4,5)1(6)7/h7-9,12H,4-6H2,1-3H3;(H,6,7)/t7-,8+,9?;. The van der Waals surface area contributed by atoms with E-state index in [4.69, 9.17) is 14.7 Å². The molecule has 3 aliphatic rings. The minimum Gasteiger partial charge on any atom is -0.475 e. The van der Waals surface area contributed by atoms with Gasteiger partial charge in [0.15, 0.2) is 5.84 Å². The minimum atomic E-state index is -5.08. The summed E-state index contributed by atoms with van der Waals surface area (Å²) in [6.45, 7) is 9.64. The van der Waals surface area contributed by atoms with E-state index >= 15 is 0 Å². The van der Waals surface area contributed by atoms with Crippen LogP contribution in [-0.4, -0.2) is 53.3 Å². The summed E-state index contributed by atoms with van der Waals surface area (Å²) < 4.78 is 31.7. The minimum absolute atomic E-state index is 0.242. The molecule has 0 spiro atoms. The van der Waals surface area contributed by atoms with Crippen LogP contribution in [0.25, 0.3) is 0 Å². The van der Waals surface area contributed by atoms with Gasteiger partial charge in [-0.3, -0.25) is 0 Å². The third-order valence-electron chi connectivity index (χ3n) is 4.24. The number of fused-ring (bicyclic) bond motifs is 1. The van der Waals surface area contributed by atoms with Crippen LogP contribution in [0.1, 0.15) is 20.8 Å². The van der Waals surface area contributed by atoms with E-state index in [-0.39, 0.29) is 5.72 Å². The lowest BCUT2D eigenvalue weighted by molar-refractivity contribution is -0.192. The molecule has 1 saturated heterocycles. The number of nitrogens with zero attached hydrogens (tertiary/aromatic N) is 2. The highest BCUT2D eigenvalue weighted by molar-refractivity contribution is 5.89. The van der Waals surface area contributed by atoms with Crippen molar-refractivity contribution in [2.24, 2.45) is 22.9 Å². The van der Waals surface area contributed by atoms with Crippen LogP contribution in [0.5, 0.6) is 0 Å². The van der Waals surface area contributed by atoms with Gasteiger partial charge >= 0.3 is 12.1 Å². The summed E-state index contributed by atoms with van der Waals surface area (Å²) in [5.74, 6) is 0.727. The molecule has 2 N–H and O–H groups in total. The Hall–Kier alpha value is -1.51. The molecule has 2 aliphatic heterocycles. The third kappa shape index (κ3) is 3.13. The number of carboxylic acid groups (broad SMARTS) is 1. The van der Waals surface area contributed by atoms with Crippen LogP contribution in [0, 0.1) is 17.8 Å². The van der Waals surface area contributed by atoms with Gasteiger partial charge in [0.2, 0.25) is 5.72 Å². The Morgan fingerprint density at radius 1 is 1.45 bits per heavy atom. The van der Waals surface area contributed by atoms with Crippen molar-refractivity contribution in [3.63, 3.8) is 0 Å². The van der Waals surface area contributed by atoms with Crippen LogP contribution in [0.2, 0.25) is 0 Å². The first kappa shape index (κ1) is 16.9. The van der Waals surface area contributed by atoms with E-state index in [0.717, 1.165) is 31.5 Å². The average Bonchev–Trinajstić information content (AvgIpc) is 2.76. The van der Waals surface area contributed by atoms with Crippen LogP contribution < -0.4 is 5.32 Å². The van der Waals surface area contributed by atoms with Gasteiger partial charge in [-0.1, -0.05) is 5.16 Å². The second kappa shape index (κ2) is 5.60. The van der Waals surface area contributed by atoms with Crippen LogP contribution in [0.3, 0.4) is 0 Å². The molecule has 0 aromatic rings. The van der Waals surface area contributed by atoms with Crippen LogP contribution >= 0.6 is 0 Å². The molecule has 0 amide bonds. The second-order valence-corrected chi connectivity index (χ2v) is 6.05. The van der Waals surface area contributed by atoms with E-state index in [0.29, 0.717) is 5.92 Å². The number of oxime groups is 1. The van der Waals surface area contributed by atoms with E-state index in [9.17, 15) is 13.2 Å². The van der Waals surface area contributed by atoms with Crippen molar-refractivity contribution in [3.8, 4) is 0 Å². The molecule has 0 aromatic carbocycles. The molecular formula is C13H20F3N3O3. The molecule has 2 fully saturated rings. The highest BCUT2D eigenvalue weighted by Crippen LogP contribution is 2.51. The van der Waals surface area contributed by atoms with E-state index in [1.165, 1.54) is 5.84 Å². The fourth-order valence-electron chi connectivity index (χ4n) is 3.12. The number of alkyl halides is 3. The molecule has 3 atom stereocenters. The summed E-state index contributed by atoms with van der Waals surface area (Å²) in [7, 11) is 0. The number of nitrogens with one attached hydrogen (secondary N) is 1. The first-order valence-corrected chi connectivity index (χ1v) is 7.14. The van der Waals surface area contributed by atoms with Gasteiger partial charge in [0.05, 0.1) is 0 Å². The van der Waals surface area contributed by atoms with Crippen molar-refractivity contribution >= 4 is 11.8 Å². The number of carboxylic acids is 1. The van der Waals surface area contributed by atoms with Gasteiger partial charge in [-0.05, 0) is 45.7 Å². The molecule has 1 saturated carbocycles. The van der Waals surface area contributed by atoms with Crippen molar-refractivity contribution < 1.29 is 27.9 Å². The topological polar surface area (TPSA) is 74.2 Å². The Kier molecular flexibility index (Phi) is 4.29. The number of amidine groups is 1. The summed E-state index contributed by atoms with van der Waals surface area (Å²) >= 11 is 0. The van der Waals surface area contributed by atoms with Gasteiger partial charge in [-0.15, -0.1) is 0 Å². The average molecular weight is 323 g/mol. The largest absolute Gasteiger partial charge is 0.490 e. The van der Waals surface area contributed by atoms with Crippen molar-refractivity contribution in [1.82, 2.24) is 10.2 Å². The predicted molar refractivity (Wildman–Crippen MR) is 72.0 cm³/mol.